The highest BCUT2D eigenvalue weighted by molar-refractivity contribution is 5.68. The quantitative estimate of drug-likeness (QED) is 0.828. The van der Waals surface area contributed by atoms with E-state index in [0.29, 0.717) is 11.3 Å². The Morgan fingerprint density at radius 1 is 1.47 bits per heavy atom. The number of hydrogen-bond donors (Lipinski definition) is 1. The lowest BCUT2D eigenvalue weighted by Crippen LogP contribution is -2.32. The zero-order valence-corrected chi connectivity index (χ0v) is 11.6. The molecule has 1 heterocycles. The summed E-state index contributed by atoms with van der Waals surface area (Å²) in [6, 6.07) is 1.73. The summed E-state index contributed by atoms with van der Waals surface area (Å²) >= 11 is 0. The average molecular weight is 262 g/mol. The molecule has 0 unspecified atom stereocenters. The van der Waals surface area contributed by atoms with Crippen LogP contribution in [0.15, 0.2) is 18.5 Å². The van der Waals surface area contributed by atoms with Gasteiger partial charge in [-0.05, 0) is 26.8 Å². The number of rotatable bonds is 2. The van der Waals surface area contributed by atoms with Crippen LogP contribution in [0.5, 0.6) is 5.75 Å². The minimum atomic E-state index is -0.510. The van der Waals surface area contributed by atoms with Gasteiger partial charge >= 0.3 is 6.09 Å². The van der Waals surface area contributed by atoms with Crippen molar-refractivity contribution in [3.63, 3.8) is 0 Å². The Balaban J connectivity index is 2.50. The molecule has 19 heavy (non-hydrogen) atoms. The van der Waals surface area contributed by atoms with Crippen LogP contribution < -0.4 is 10.1 Å². The zero-order chi connectivity index (χ0) is 14.3. The van der Waals surface area contributed by atoms with Gasteiger partial charge < -0.3 is 14.8 Å². The van der Waals surface area contributed by atoms with Crippen LogP contribution in [-0.4, -0.2) is 30.3 Å². The van der Waals surface area contributed by atoms with Crippen LogP contribution in [0, 0.1) is 11.8 Å². The predicted molar refractivity (Wildman–Crippen MR) is 71.9 cm³/mol. The molecule has 0 spiro atoms. The van der Waals surface area contributed by atoms with E-state index in [0.717, 1.165) is 0 Å². The number of pyridine rings is 1. The number of amides is 1. The van der Waals surface area contributed by atoms with Crippen molar-refractivity contribution >= 4 is 6.09 Å². The van der Waals surface area contributed by atoms with Gasteiger partial charge in [0.15, 0.2) is 0 Å². The van der Waals surface area contributed by atoms with Crippen LogP contribution in [0.3, 0.4) is 0 Å². The third-order valence-electron chi connectivity index (χ3n) is 1.94. The summed E-state index contributed by atoms with van der Waals surface area (Å²) in [4.78, 5) is 15.3. The molecule has 0 radical (unpaired) electrons. The second kappa shape index (κ2) is 6.64. The van der Waals surface area contributed by atoms with Crippen molar-refractivity contribution in [1.82, 2.24) is 10.3 Å². The Kier molecular flexibility index (Phi) is 5.19. The van der Waals surface area contributed by atoms with E-state index < -0.39 is 11.7 Å². The minimum Gasteiger partial charge on any atom is -0.495 e. The predicted octanol–water partition coefficient (Wildman–Crippen LogP) is 1.97. The summed E-state index contributed by atoms with van der Waals surface area (Å²) in [5.41, 5.74) is 0.167. The first-order valence-electron chi connectivity index (χ1n) is 5.86. The molecule has 1 aromatic rings. The number of methoxy groups -OCH3 is 1. The highest BCUT2D eigenvalue weighted by Crippen LogP contribution is 2.13. The maximum Gasteiger partial charge on any atom is 0.408 e. The Hall–Kier alpha value is -2.22. The molecule has 0 saturated heterocycles. The molecule has 0 atom stereocenters. The molecule has 102 valence electrons. The van der Waals surface area contributed by atoms with Gasteiger partial charge in [0.05, 0.1) is 19.2 Å². The first-order chi connectivity index (χ1) is 8.92. The van der Waals surface area contributed by atoms with Crippen LogP contribution >= 0.6 is 0 Å². The summed E-state index contributed by atoms with van der Waals surface area (Å²) in [5, 5.41) is 2.55. The highest BCUT2D eigenvalue weighted by atomic mass is 16.6. The summed E-state index contributed by atoms with van der Waals surface area (Å²) in [5.74, 6) is 6.34. The first kappa shape index (κ1) is 14.8. The summed E-state index contributed by atoms with van der Waals surface area (Å²) in [6.07, 6.45) is 2.75. The molecule has 5 nitrogen and oxygen atoms in total. The van der Waals surface area contributed by atoms with Crippen molar-refractivity contribution in [2.75, 3.05) is 13.7 Å². The van der Waals surface area contributed by atoms with E-state index in [1.807, 2.05) is 0 Å². The molecular formula is C14H18N2O3. The van der Waals surface area contributed by atoms with Crippen LogP contribution in [0.2, 0.25) is 0 Å². The smallest absolute Gasteiger partial charge is 0.408 e. The molecule has 0 saturated carbocycles. The van der Waals surface area contributed by atoms with E-state index in [9.17, 15) is 4.79 Å². The van der Waals surface area contributed by atoms with Crippen LogP contribution in [0.25, 0.3) is 0 Å². The van der Waals surface area contributed by atoms with Gasteiger partial charge in [0.25, 0.3) is 0 Å². The number of carbonyl (C=O) groups excluding carboxylic acids is 1. The molecule has 1 rings (SSSR count). The summed E-state index contributed by atoms with van der Waals surface area (Å²) in [7, 11) is 1.57. The number of nitrogens with zero attached hydrogens (tertiary/aromatic N) is 1. The lowest BCUT2D eigenvalue weighted by atomic mass is 10.2. The Morgan fingerprint density at radius 2 is 2.21 bits per heavy atom. The minimum absolute atomic E-state index is 0.201. The molecule has 0 bridgehead atoms. The normalized spacial score (nSPS) is 10.1. The lowest BCUT2D eigenvalue weighted by molar-refractivity contribution is 0.0535. The van der Waals surface area contributed by atoms with Crippen molar-refractivity contribution in [2.45, 2.75) is 26.4 Å². The van der Waals surface area contributed by atoms with E-state index in [2.05, 4.69) is 22.1 Å². The largest absolute Gasteiger partial charge is 0.495 e. The van der Waals surface area contributed by atoms with Gasteiger partial charge in [0.2, 0.25) is 0 Å². The van der Waals surface area contributed by atoms with Crippen molar-refractivity contribution in [2.24, 2.45) is 0 Å². The van der Waals surface area contributed by atoms with Gasteiger partial charge in [-0.2, -0.15) is 0 Å². The number of ether oxygens (including phenoxy) is 2. The van der Waals surface area contributed by atoms with Crippen molar-refractivity contribution in [3.05, 3.63) is 24.0 Å². The number of carbonyl (C=O) groups is 1. The van der Waals surface area contributed by atoms with Crippen LogP contribution in [0.1, 0.15) is 26.3 Å². The fourth-order valence-electron chi connectivity index (χ4n) is 1.22. The molecule has 5 heteroatoms. The van der Waals surface area contributed by atoms with E-state index in [4.69, 9.17) is 9.47 Å². The van der Waals surface area contributed by atoms with Crippen LogP contribution in [-0.2, 0) is 4.74 Å². The molecule has 0 fully saturated rings. The van der Waals surface area contributed by atoms with Crippen molar-refractivity contribution in [3.8, 4) is 17.6 Å². The monoisotopic (exact) mass is 262 g/mol. The number of nitrogens with one attached hydrogen (secondary N) is 1. The van der Waals surface area contributed by atoms with Gasteiger partial charge in [-0.15, -0.1) is 0 Å². The number of alkyl carbamates (subject to hydrolysis) is 1. The Morgan fingerprint density at radius 3 is 2.84 bits per heavy atom. The first-order valence-corrected chi connectivity index (χ1v) is 5.86. The highest BCUT2D eigenvalue weighted by Gasteiger charge is 2.14. The van der Waals surface area contributed by atoms with Crippen molar-refractivity contribution in [1.29, 1.82) is 0 Å². The maximum atomic E-state index is 11.4. The van der Waals surface area contributed by atoms with E-state index in [1.165, 1.54) is 0 Å². The van der Waals surface area contributed by atoms with E-state index in [1.54, 1.807) is 46.3 Å². The molecule has 0 aliphatic heterocycles. The molecule has 1 amide bonds. The fraction of sp³-hybridized carbons (Fsp3) is 0.429. The topological polar surface area (TPSA) is 60.5 Å². The van der Waals surface area contributed by atoms with Gasteiger partial charge in [0, 0.05) is 12.4 Å². The molecular weight excluding hydrogens is 244 g/mol. The number of hydrogen-bond acceptors (Lipinski definition) is 4. The maximum absolute atomic E-state index is 11.4. The van der Waals surface area contributed by atoms with E-state index >= 15 is 0 Å². The fourth-order valence-corrected chi connectivity index (χ4v) is 1.22. The van der Waals surface area contributed by atoms with Gasteiger partial charge in [-0.25, -0.2) is 4.79 Å². The zero-order valence-electron chi connectivity index (χ0n) is 11.6. The van der Waals surface area contributed by atoms with Gasteiger partial charge in [-0.3, -0.25) is 4.98 Å². The molecule has 1 N–H and O–H groups in total. The second-order valence-electron chi connectivity index (χ2n) is 4.73. The third-order valence-corrected chi connectivity index (χ3v) is 1.94. The van der Waals surface area contributed by atoms with Gasteiger partial charge in [-0.1, -0.05) is 11.8 Å². The third kappa shape index (κ3) is 5.77. The summed E-state index contributed by atoms with van der Waals surface area (Å²) < 4.78 is 10.2. The number of aromatic nitrogens is 1. The molecule has 1 aromatic heterocycles. The second-order valence-corrected chi connectivity index (χ2v) is 4.73. The molecule has 0 aromatic carbocycles. The standard InChI is InChI=1S/C14H18N2O3/c1-14(2,3)19-13(17)16-8-5-6-11-10-15-9-7-12(11)18-4/h7,9-10H,8H2,1-4H3,(H,16,17). The lowest BCUT2D eigenvalue weighted by Gasteiger charge is -2.19. The summed E-state index contributed by atoms with van der Waals surface area (Å²) in [6.45, 7) is 5.61. The average Bonchev–Trinajstić information content (AvgIpc) is 2.33. The SMILES string of the molecule is COc1ccncc1C#CCNC(=O)OC(C)(C)C. The molecule has 0 aliphatic rings. The van der Waals surface area contributed by atoms with Gasteiger partial charge in [0.1, 0.15) is 11.4 Å². The van der Waals surface area contributed by atoms with E-state index in [-0.39, 0.29) is 6.54 Å². The van der Waals surface area contributed by atoms with Crippen LogP contribution in [0.4, 0.5) is 4.79 Å². The Bertz CT molecular complexity index is 495. The Labute approximate surface area is 113 Å². The van der Waals surface area contributed by atoms with Crippen molar-refractivity contribution < 1.29 is 14.3 Å². The molecule has 0 aliphatic carbocycles.